The number of guanidine groups is 1. The second-order valence-corrected chi connectivity index (χ2v) is 6.52. The van der Waals surface area contributed by atoms with Crippen LogP contribution in [0.4, 0.5) is 5.82 Å². The molecule has 24 heavy (non-hydrogen) atoms. The first kappa shape index (κ1) is 19.3. The summed E-state index contributed by atoms with van der Waals surface area (Å²) in [4.78, 5) is 13.8. The monoisotopic (exact) mass is 443 g/mol. The van der Waals surface area contributed by atoms with Gasteiger partial charge < -0.3 is 15.1 Å². The topological polar surface area (TPSA) is 43.8 Å². The Kier molecular flexibility index (Phi) is 8.08. The largest absolute Gasteiger partial charge is 0.357 e. The Morgan fingerprint density at radius 2 is 1.75 bits per heavy atom. The number of halogens is 1. The molecule has 1 aromatic rings. The minimum absolute atomic E-state index is 0. The second-order valence-electron chi connectivity index (χ2n) is 6.52. The molecule has 134 valence electrons. The summed E-state index contributed by atoms with van der Waals surface area (Å²) in [5, 5.41) is 3.50. The molecule has 5 nitrogen and oxygen atoms in total. The maximum atomic E-state index is 4.59. The van der Waals surface area contributed by atoms with Crippen LogP contribution in [0, 0.1) is 0 Å². The van der Waals surface area contributed by atoms with E-state index < -0.39 is 0 Å². The molecule has 0 aromatic carbocycles. The molecule has 0 atom stereocenters. The highest BCUT2D eigenvalue weighted by molar-refractivity contribution is 14.0. The molecule has 1 N–H and O–H groups in total. The van der Waals surface area contributed by atoms with Crippen LogP contribution < -0.4 is 10.2 Å². The van der Waals surface area contributed by atoms with Crippen molar-refractivity contribution in [3.05, 3.63) is 23.9 Å². The van der Waals surface area contributed by atoms with Gasteiger partial charge in [-0.15, -0.1) is 24.0 Å². The zero-order chi connectivity index (χ0) is 15.9. The van der Waals surface area contributed by atoms with E-state index in [1.165, 1.54) is 44.1 Å². The predicted molar refractivity (Wildman–Crippen MR) is 111 cm³/mol. The molecule has 0 aliphatic carbocycles. The average molecular weight is 443 g/mol. The van der Waals surface area contributed by atoms with Crippen LogP contribution in [-0.2, 0) is 6.54 Å². The standard InChI is InChI=1S/C18H29N5.HI/c1-19-18(23-12-6-7-13-23)21-15-16-8-9-20-17(14-16)22-10-4-2-3-5-11-22;/h8-9,14H,2-7,10-13,15H2,1H3,(H,19,21);1H. The van der Waals surface area contributed by atoms with Crippen LogP contribution in [0.25, 0.3) is 0 Å². The van der Waals surface area contributed by atoms with E-state index in [4.69, 9.17) is 0 Å². The predicted octanol–water partition coefficient (Wildman–Crippen LogP) is 3.25. The Morgan fingerprint density at radius 3 is 2.42 bits per heavy atom. The van der Waals surface area contributed by atoms with Crippen molar-refractivity contribution in [3.8, 4) is 0 Å². The first-order valence-electron chi connectivity index (χ1n) is 9.02. The fourth-order valence-corrected chi connectivity index (χ4v) is 3.49. The zero-order valence-electron chi connectivity index (χ0n) is 14.7. The Morgan fingerprint density at radius 1 is 1.08 bits per heavy atom. The van der Waals surface area contributed by atoms with E-state index in [9.17, 15) is 0 Å². The Balaban J connectivity index is 0.00000208. The number of nitrogens with zero attached hydrogens (tertiary/aromatic N) is 4. The molecule has 0 spiro atoms. The molecule has 0 amide bonds. The number of nitrogens with one attached hydrogen (secondary N) is 1. The van der Waals surface area contributed by atoms with E-state index >= 15 is 0 Å². The van der Waals surface area contributed by atoms with E-state index in [-0.39, 0.29) is 24.0 Å². The first-order chi connectivity index (χ1) is 11.4. The lowest BCUT2D eigenvalue weighted by molar-refractivity contribution is 0.493. The number of hydrogen-bond donors (Lipinski definition) is 1. The Labute approximate surface area is 162 Å². The maximum absolute atomic E-state index is 4.59. The van der Waals surface area contributed by atoms with E-state index in [1.807, 2.05) is 13.2 Å². The van der Waals surface area contributed by atoms with Crippen molar-refractivity contribution >= 4 is 35.8 Å². The van der Waals surface area contributed by atoms with E-state index in [1.54, 1.807) is 0 Å². The van der Waals surface area contributed by atoms with E-state index in [2.05, 4.69) is 37.2 Å². The molecule has 2 aliphatic heterocycles. The fourth-order valence-electron chi connectivity index (χ4n) is 3.49. The van der Waals surface area contributed by atoms with Crippen molar-refractivity contribution < 1.29 is 0 Å². The lowest BCUT2D eigenvalue weighted by Crippen LogP contribution is -2.39. The number of aliphatic imine (C=N–C) groups is 1. The van der Waals surface area contributed by atoms with Crippen LogP contribution >= 0.6 is 24.0 Å². The molecular weight excluding hydrogens is 413 g/mol. The van der Waals surface area contributed by atoms with E-state index in [0.717, 1.165) is 44.5 Å². The van der Waals surface area contributed by atoms with Crippen molar-refractivity contribution in [1.29, 1.82) is 0 Å². The zero-order valence-corrected chi connectivity index (χ0v) is 17.0. The molecule has 2 saturated heterocycles. The van der Waals surface area contributed by atoms with Crippen molar-refractivity contribution in [3.63, 3.8) is 0 Å². The highest BCUT2D eigenvalue weighted by atomic mass is 127. The normalized spacial score (nSPS) is 19.0. The molecule has 2 fully saturated rings. The summed E-state index contributed by atoms with van der Waals surface area (Å²) in [5.74, 6) is 2.15. The molecular formula is C18H30IN5. The van der Waals surface area contributed by atoms with E-state index in [0.29, 0.717) is 0 Å². The highest BCUT2D eigenvalue weighted by Gasteiger charge is 2.16. The Bertz CT molecular complexity index is 520. The van der Waals surface area contributed by atoms with Gasteiger partial charge in [-0.1, -0.05) is 12.8 Å². The maximum Gasteiger partial charge on any atom is 0.193 e. The van der Waals surface area contributed by atoms with Gasteiger partial charge in [0.2, 0.25) is 0 Å². The number of aromatic nitrogens is 1. The molecule has 3 heterocycles. The fraction of sp³-hybridized carbons (Fsp3) is 0.667. The van der Waals surface area contributed by atoms with Gasteiger partial charge >= 0.3 is 0 Å². The van der Waals surface area contributed by atoms with Crippen molar-refractivity contribution in [2.24, 2.45) is 4.99 Å². The molecule has 2 aliphatic rings. The van der Waals surface area contributed by atoms with Crippen LogP contribution in [-0.4, -0.2) is 49.1 Å². The van der Waals surface area contributed by atoms with Crippen LogP contribution in [0.2, 0.25) is 0 Å². The van der Waals surface area contributed by atoms with Crippen molar-refractivity contribution in [1.82, 2.24) is 15.2 Å². The third kappa shape index (κ3) is 5.22. The lowest BCUT2D eigenvalue weighted by atomic mass is 10.2. The molecule has 0 radical (unpaired) electrons. The summed E-state index contributed by atoms with van der Waals surface area (Å²) in [6.45, 7) is 5.33. The van der Waals surface area contributed by atoms with Gasteiger partial charge in [-0.05, 0) is 43.4 Å². The van der Waals surface area contributed by atoms with Gasteiger partial charge in [-0.3, -0.25) is 4.99 Å². The smallest absolute Gasteiger partial charge is 0.193 e. The molecule has 0 unspecified atom stereocenters. The van der Waals surface area contributed by atoms with Gasteiger partial charge in [0.1, 0.15) is 5.82 Å². The number of pyridine rings is 1. The Hall–Kier alpha value is -1.05. The van der Waals surface area contributed by atoms with Crippen LogP contribution in [0.15, 0.2) is 23.3 Å². The lowest BCUT2D eigenvalue weighted by Gasteiger charge is -2.23. The summed E-state index contributed by atoms with van der Waals surface area (Å²) in [6.07, 6.45) is 9.76. The summed E-state index contributed by atoms with van der Waals surface area (Å²) in [6, 6.07) is 4.33. The summed E-state index contributed by atoms with van der Waals surface area (Å²) >= 11 is 0. The van der Waals surface area contributed by atoms with Crippen LogP contribution in [0.5, 0.6) is 0 Å². The van der Waals surface area contributed by atoms with Crippen LogP contribution in [0.3, 0.4) is 0 Å². The number of likely N-dealkylation sites (tertiary alicyclic amines) is 1. The minimum Gasteiger partial charge on any atom is -0.357 e. The van der Waals surface area contributed by atoms with Crippen molar-refractivity contribution in [2.45, 2.75) is 45.1 Å². The molecule has 0 saturated carbocycles. The van der Waals surface area contributed by atoms with Gasteiger partial charge in [0, 0.05) is 46.0 Å². The van der Waals surface area contributed by atoms with Gasteiger partial charge in [0.05, 0.1) is 0 Å². The number of rotatable bonds is 3. The van der Waals surface area contributed by atoms with Gasteiger partial charge in [0.25, 0.3) is 0 Å². The quantitative estimate of drug-likeness (QED) is 0.443. The van der Waals surface area contributed by atoms with Gasteiger partial charge in [-0.2, -0.15) is 0 Å². The first-order valence-corrected chi connectivity index (χ1v) is 9.02. The molecule has 3 rings (SSSR count). The van der Waals surface area contributed by atoms with Gasteiger partial charge in [0.15, 0.2) is 5.96 Å². The number of hydrogen-bond acceptors (Lipinski definition) is 3. The van der Waals surface area contributed by atoms with Crippen LogP contribution in [0.1, 0.15) is 44.1 Å². The average Bonchev–Trinajstić information content (AvgIpc) is 2.97. The molecule has 1 aromatic heterocycles. The minimum atomic E-state index is 0. The summed E-state index contributed by atoms with van der Waals surface area (Å²) < 4.78 is 0. The molecule has 0 bridgehead atoms. The van der Waals surface area contributed by atoms with Gasteiger partial charge in [-0.25, -0.2) is 4.98 Å². The summed E-state index contributed by atoms with van der Waals surface area (Å²) in [5.41, 5.74) is 1.28. The third-order valence-corrected chi connectivity index (χ3v) is 4.81. The highest BCUT2D eigenvalue weighted by Crippen LogP contribution is 2.18. The molecule has 6 heteroatoms. The third-order valence-electron chi connectivity index (χ3n) is 4.81. The second kappa shape index (κ2) is 10.1. The SMILES string of the molecule is CN=C(NCc1ccnc(N2CCCCCC2)c1)N1CCCC1.I. The summed E-state index contributed by atoms with van der Waals surface area (Å²) in [7, 11) is 1.87. The number of anilines is 1. The van der Waals surface area contributed by atoms with Crippen molar-refractivity contribution in [2.75, 3.05) is 38.1 Å².